The predicted molar refractivity (Wildman–Crippen MR) is 136 cm³/mol. The summed E-state index contributed by atoms with van der Waals surface area (Å²) in [4.78, 5) is 30.1. The normalized spacial score (nSPS) is 34.1. The average molecular weight is 525 g/mol. The number of rotatable bonds is 5. The number of benzene rings is 1. The number of aliphatic hydroxyl groups is 2. The second kappa shape index (κ2) is 8.36. The van der Waals surface area contributed by atoms with Crippen molar-refractivity contribution in [3.63, 3.8) is 0 Å². The van der Waals surface area contributed by atoms with Crippen molar-refractivity contribution in [1.82, 2.24) is 9.80 Å². The van der Waals surface area contributed by atoms with Gasteiger partial charge in [-0.25, -0.2) is 0 Å². The molecule has 204 valence electrons. The highest BCUT2D eigenvalue weighted by molar-refractivity contribution is 5.95. The second-order valence-electron chi connectivity index (χ2n) is 12.1. The zero-order valence-electron chi connectivity index (χ0n) is 21.8. The van der Waals surface area contributed by atoms with Crippen molar-refractivity contribution in [2.45, 2.75) is 75.0 Å². The number of aromatic hydroxyl groups is 1. The smallest absolute Gasteiger partial charge is 0.309 e. The Labute approximate surface area is 222 Å². The van der Waals surface area contributed by atoms with Crippen LogP contribution in [0, 0.1) is 11.8 Å². The minimum Gasteiger partial charge on any atom is -0.508 e. The molecule has 1 spiro atoms. The Morgan fingerprint density at radius 3 is 2.61 bits per heavy atom. The lowest BCUT2D eigenvalue weighted by molar-refractivity contribution is -0.173. The lowest BCUT2D eigenvalue weighted by Crippen LogP contribution is -2.75. The summed E-state index contributed by atoms with van der Waals surface area (Å²) in [5.74, 6) is 0.0667. The third-order valence-electron chi connectivity index (χ3n) is 10.2. The minimum atomic E-state index is -1.32. The van der Waals surface area contributed by atoms with Crippen LogP contribution in [0.3, 0.4) is 0 Å². The summed E-state index contributed by atoms with van der Waals surface area (Å²) < 4.78 is 11.5. The predicted octanol–water partition coefficient (Wildman–Crippen LogP) is 2.18. The van der Waals surface area contributed by atoms with E-state index >= 15 is 0 Å². The average Bonchev–Trinajstić information content (AvgIpc) is 3.65. The molecule has 9 nitrogen and oxygen atoms in total. The molecule has 1 saturated carbocycles. The molecular weight excluding hydrogens is 488 g/mol. The number of phenols is 1. The number of hydrogen-bond donors (Lipinski definition) is 3. The number of ether oxygens (including phenoxy) is 2. The van der Waals surface area contributed by atoms with Gasteiger partial charge in [-0.05, 0) is 69.5 Å². The third kappa shape index (κ3) is 3.18. The van der Waals surface area contributed by atoms with Gasteiger partial charge >= 0.3 is 5.97 Å². The van der Waals surface area contributed by atoms with Crippen LogP contribution in [0.5, 0.6) is 11.5 Å². The largest absolute Gasteiger partial charge is 0.508 e. The summed E-state index contributed by atoms with van der Waals surface area (Å²) in [6.07, 6.45) is 3.73. The monoisotopic (exact) mass is 524 g/mol. The number of hydrogen-bond acceptors (Lipinski definition) is 8. The van der Waals surface area contributed by atoms with Crippen molar-refractivity contribution in [3.8, 4) is 11.5 Å². The molecule has 7 rings (SSSR count). The van der Waals surface area contributed by atoms with Gasteiger partial charge in [0, 0.05) is 37.7 Å². The Hall–Kier alpha value is -2.78. The molecule has 3 fully saturated rings. The Morgan fingerprint density at radius 2 is 1.89 bits per heavy atom. The number of aliphatic hydroxyl groups excluding tert-OH is 1. The highest BCUT2D eigenvalue weighted by atomic mass is 16.5. The van der Waals surface area contributed by atoms with Crippen LogP contribution in [0.25, 0.3) is 0 Å². The molecule has 3 aliphatic carbocycles. The maximum absolute atomic E-state index is 13.9. The Kier molecular flexibility index (Phi) is 5.34. The first-order valence-corrected chi connectivity index (χ1v) is 14.1. The van der Waals surface area contributed by atoms with Crippen LogP contribution in [-0.2, 0) is 26.2 Å². The lowest BCUT2D eigenvalue weighted by atomic mass is 9.49. The van der Waals surface area contributed by atoms with Gasteiger partial charge in [0.2, 0.25) is 0 Å². The molecule has 6 aliphatic rings. The van der Waals surface area contributed by atoms with Crippen molar-refractivity contribution in [2.75, 3.05) is 32.8 Å². The summed E-state index contributed by atoms with van der Waals surface area (Å²) >= 11 is 0. The van der Waals surface area contributed by atoms with Crippen molar-refractivity contribution < 1.29 is 34.4 Å². The van der Waals surface area contributed by atoms with E-state index in [0.29, 0.717) is 57.0 Å². The van der Waals surface area contributed by atoms with E-state index in [1.807, 2.05) is 6.07 Å². The number of nitrogens with zero attached hydrogens (tertiary/aromatic N) is 2. The maximum Gasteiger partial charge on any atom is 0.309 e. The van der Waals surface area contributed by atoms with Gasteiger partial charge in [-0.15, -0.1) is 0 Å². The first-order chi connectivity index (χ1) is 18.3. The fourth-order valence-electron chi connectivity index (χ4n) is 8.13. The molecule has 1 amide bonds. The zero-order valence-corrected chi connectivity index (χ0v) is 21.8. The Balaban J connectivity index is 1.25. The minimum absolute atomic E-state index is 0.00421. The van der Waals surface area contributed by atoms with Crippen LogP contribution >= 0.6 is 0 Å². The molecule has 0 aromatic heterocycles. The van der Waals surface area contributed by atoms with Crippen LogP contribution in [0.2, 0.25) is 0 Å². The summed E-state index contributed by atoms with van der Waals surface area (Å²) in [5.41, 5.74) is -0.196. The number of amides is 1. The Morgan fingerprint density at radius 1 is 1.13 bits per heavy atom. The lowest BCUT2D eigenvalue weighted by Gasteiger charge is -2.62. The first kappa shape index (κ1) is 24.3. The van der Waals surface area contributed by atoms with Gasteiger partial charge in [0.25, 0.3) is 5.91 Å². The van der Waals surface area contributed by atoms with E-state index in [1.54, 1.807) is 17.9 Å². The van der Waals surface area contributed by atoms with Crippen molar-refractivity contribution >= 4 is 11.9 Å². The summed E-state index contributed by atoms with van der Waals surface area (Å²) in [6, 6.07) is 3.34. The number of likely N-dealkylation sites (tertiary alicyclic amines) is 2. The summed E-state index contributed by atoms with van der Waals surface area (Å²) in [6.45, 7) is 4.59. The van der Waals surface area contributed by atoms with Crippen LogP contribution in [0.15, 0.2) is 23.5 Å². The molecule has 1 aromatic carbocycles. The number of esters is 1. The summed E-state index contributed by atoms with van der Waals surface area (Å²) in [5, 5.41) is 35.1. The molecule has 9 heteroatoms. The molecule has 3 N–H and O–H groups in total. The highest BCUT2D eigenvalue weighted by Gasteiger charge is 2.73. The van der Waals surface area contributed by atoms with Crippen molar-refractivity contribution in [3.05, 3.63) is 34.6 Å². The van der Waals surface area contributed by atoms with E-state index in [9.17, 15) is 24.9 Å². The maximum atomic E-state index is 13.9. The molecule has 1 aromatic rings. The van der Waals surface area contributed by atoms with E-state index < -0.39 is 17.1 Å². The fourth-order valence-corrected chi connectivity index (χ4v) is 8.13. The topological polar surface area (TPSA) is 120 Å². The molecule has 3 aliphatic heterocycles. The molecular formula is C29H36N2O7. The third-order valence-corrected chi connectivity index (χ3v) is 10.2. The molecule has 0 unspecified atom stereocenters. The number of carbonyl (C=O) groups is 2. The van der Waals surface area contributed by atoms with E-state index in [1.165, 1.54) is 12.8 Å². The van der Waals surface area contributed by atoms with Crippen LogP contribution in [0.4, 0.5) is 0 Å². The molecule has 0 radical (unpaired) electrons. The van der Waals surface area contributed by atoms with Gasteiger partial charge in [-0.3, -0.25) is 14.5 Å². The van der Waals surface area contributed by atoms with E-state index in [2.05, 4.69) is 4.90 Å². The molecule has 2 saturated heterocycles. The van der Waals surface area contributed by atoms with Gasteiger partial charge in [-0.1, -0.05) is 6.07 Å². The van der Waals surface area contributed by atoms with Crippen LogP contribution in [-0.4, -0.2) is 87.5 Å². The fraction of sp³-hybridized carbons (Fsp3) is 0.655. The number of phenolic OH excluding ortho intramolecular Hbond substituents is 1. The van der Waals surface area contributed by atoms with E-state index in [-0.39, 0.29) is 47.3 Å². The van der Waals surface area contributed by atoms with Crippen molar-refractivity contribution in [1.29, 1.82) is 0 Å². The molecule has 3 heterocycles. The van der Waals surface area contributed by atoms with E-state index in [4.69, 9.17) is 9.47 Å². The van der Waals surface area contributed by atoms with Gasteiger partial charge in [0.05, 0.1) is 29.1 Å². The first-order valence-electron chi connectivity index (χ1n) is 14.1. The van der Waals surface area contributed by atoms with Gasteiger partial charge in [0.15, 0.2) is 17.6 Å². The number of carbonyl (C=O) groups excluding carboxylic acids is 2. The second-order valence-corrected chi connectivity index (χ2v) is 12.1. The van der Waals surface area contributed by atoms with E-state index in [0.717, 1.165) is 24.2 Å². The van der Waals surface area contributed by atoms with Crippen molar-refractivity contribution in [2.24, 2.45) is 11.8 Å². The van der Waals surface area contributed by atoms with Crippen LogP contribution < -0.4 is 4.74 Å². The van der Waals surface area contributed by atoms with Crippen LogP contribution in [0.1, 0.15) is 56.6 Å². The molecule has 4 atom stereocenters. The number of piperidine rings is 2. The molecule has 38 heavy (non-hydrogen) atoms. The molecule has 2 bridgehead atoms. The zero-order chi connectivity index (χ0) is 26.4. The quantitative estimate of drug-likeness (QED) is 0.502. The standard InChI is InChI=1S/C29H36N2O7/c1-2-37-27(35)17-7-10-30(11-8-17)26(34)19-14-29(36)21-13-18-5-6-20(32)24-22(18)28(29,25(38-24)23(19)33)9-12-31(21)15-16-3-4-16/h5-6,16-17,21,25,32-33,36H,2-4,7-15H2,1H3/t21-,25+,28+,29-/m1/s1. The van der Waals surface area contributed by atoms with Gasteiger partial charge in [-0.2, -0.15) is 0 Å². The SMILES string of the molecule is CCOC(=O)C1CCN(C(=O)C2=C(O)[C@@H]3Oc4c(O)ccc5c4[C@@]34CCN(CC3CC3)[C@H](C5)[C@]4(O)C2)CC1. The Bertz CT molecular complexity index is 1230. The van der Waals surface area contributed by atoms with Gasteiger partial charge in [0.1, 0.15) is 5.76 Å². The summed E-state index contributed by atoms with van der Waals surface area (Å²) in [7, 11) is 0. The highest BCUT2D eigenvalue weighted by Crippen LogP contribution is 2.66. The van der Waals surface area contributed by atoms with Gasteiger partial charge < -0.3 is 29.7 Å².